The molecule has 1 atom stereocenters. The molecular formula is C13H8Br2N2O2. The Labute approximate surface area is 126 Å². The first-order valence-corrected chi connectivity index (χ1v) is 7.11. The van der Waals surface area contributed by atoms with Gasteiger partial charge in [0.1, 0.15) is 5.82 Å². The van der Waals surface area contributed by atoms with Crippen molar-refractivity contribution >= 4 is 43.6 Å². The van der Waals surface area contributed by atoms with Gasteiger partial charge in [-0.25, -0.2) is 9.78 Å². The molecule has 0 bridgehead atoms. The summed E-state index contributed by atoms with van der Waals surface area (Å²) < 4.78 is 6.96. The second-order valence-corrected chi connectivity index (χ2v) is 5.77. The van der Waals surface area contributed by atoms with Crippen molar-refractivity contribution in [3.05, 3.63) is 56.6 Å². The van der Waals surface area contributed by atoms with Crippen LogP contribution in [0.2, 0.25) is 0 Å². The molecule has 0 spiro atoms. The van der Waals surface area contributed by atoms with Gasteiger partial charge >= 0.3 is 5.97 Å². The third kappa shape index (κ3) is 2.37. The number of aromatic nitrogens is 1. The molecule has 0 saturated heterocycles. The summed E-state index contributed by atoms with van der Waals surface area (Å²) in [5, 5.41) is 3.10. The van der Waals surface area contributed by atoms with E-state index in [0.29, 0.717) is 11.4 Å². The van der Waals surface area contributed by atoms with E-state index in [2.05, 4.69) is 42.2 Å². The number of ether oxygens (including phenoxy) is 1. The molecule has 0 fully saturated rings. The lowest BCUT2D eigenvalue weighted by molar-refractivity contribution is 0.0436. The molecule has 1 aliphatic rings. The minimum atomic E-state index is -0.506. The maximum atomic E-state index is 11.7. The lowest BCUT2D eigenvalue weighted by atomic mass is 10.1. The van der Waals surface area contributed by atoms with Gasteiger partial charge in [-0.2, -0.15) is 0 Å². The lowest BCUT2D eigenvalue weighted by Gasteiger charge is -2.14. The van der Waals surface area contributed by atoms with Gasteiger partial charge in [0.15, 0.2) is 0 Å². The molecule has 96 valence electrons. The van der Waals surface area contributed by atoms with E-state index in [1.54, 1.807) is 12.3 Å². The number of hydrogen-bond acceptors (Lipinski definition) is 4. The van der Waals surface area contributed by atoms with Gasteiger partial charge in [-0.1, -0.05) is 18.2 Å². The van der Waals surface area contributed by atoms with E-state index in [4.69, 9.17) is 4.74 Å². The van der Waals surface area contributed by atoms with Gasteiger partial charge in [-0.05, 0) is 44.0 Å². The zero-order valence-corrected chi connectivity index (χ0v) is 12.7. The fourth-order valence-electron chi connectivity index (χ4n) is 1.90. The molecule has 0 radical (unpaired) electrons. The number of benzene rings is 1. The highest BCUT2D eigenvalue weighted by atomic mass is 79.9. The topological polar surface area (TPSA) is 51.2 Å². The van der Waals surface area contributed by atoms with Crippen molar-refractivity contribution in [3.63, 3.8) is 0 Å². The third-order valence-electron chi connectivity index (χ3n) is 2.76. The fourth-order valence-corrected chi connectivity index (χ4v) is 3.00. The van der Waals surface area contributed by atoms with E-state index < -0.39 is 6.23 Å². The predicted octanol–water partition coefficient (Wildman–Crippen LogP) is 3.89. The molecular weight excluding hydrogens is 376 g/mol. The van der Waals surface area contributed by atoms with Crippen LogP contribution in [0.4, 0.5) is 5.82 Å². The van der Waals surface area contributed by atoms with Crippen molar-refractivity contribution in [1.29, 1.82) is 0 Å². The Morgan fingerprint density at radius 1 is 1.26 bits per heavy atom. The number of carbonyl (C=O) groups excluding carboxylic acids is 1. The van der Waals surface area contributed by atoms with Crippen LogP contribution in [0.15, 0.2) is 45.5 Å². The number of cyclic esters (lactones) is 1. The molecule has 1 aromatic carbocycles. The quantitative estimate of drug-likeness (QED) is 0.799. The second kappa shape index (κ2) is 4.94. The molecule has 0 amide bonds. The maximum Gasteiger partial charge on any atom is 0.340 e. The van der Waals surface area contributed by atoms with Crippen LogP contribution in [0.1, 0.15) is 22.1 Å². The largest absolute Gasteiger partial charge is 0.434 e. The first-order valence-electron chi connectivity index (χ1n) is 5.52. The molecule has 0 aliphatic carbocycles. The molecule has 1 N–H and O–H groups in total. The SMILES string of the molecule is O=C1O[C@H](Nc2ncc(Br)cc2Br)c2ccccc21. The number of nitrogens with one attached hydrogen (secondary N) is 1. The number of fused-ring (bicyclic) bond motifs is 1. The number of anilines is 1. The number of hydrogen-bond donors (Lipinski definition) is 1. The molecule has 1 aliphatic heterocycles. The summed E-state index contributed by atoms with van der Waals surface area (Å²) in [6.07, 6.45) is 1.17. The molecule has 4 nitrogen and oxygen atoms in total. The smallest absolute Gasteiger partial charge is 0.340 e. The Bertz CT molecular complexity index is 661. The summed E-state index contributed by atoms with van der Waals surface area (Å²) in [4.78, 5) is 15.9. The number of rotatable bonds is 2. The summed E-state index contributed by atoms with van der Waals surface area (Å²) in [5.41, 5.74) is 1.41. The fraction of sp³-hybridized carbons (Fsp3) is 0.0769. The summed E-state index contributed by atoms with van der Waals surface area (Å²) in [5.74, 6) is 0.305. The summed E-state index contributed by atoms with van der Waals surface area (Å²) in [7, 11) is 0. The highest BCUT2D eigenvalue weighted by Gasteiger charge is 2.30. The van der Waals surface area contributed by atoms with Crippen LogP contribution < -0.4 is 5.32 Å². The minimum absolute atomic E-state index is 0.318. The molecule has 6 heteroatoms. The number of nitrogens with zero attached hydrogens (tertiary/aromatic N) is 1. The van der Waals surface area contributed by atoms with Crippen molar-refractivity contribution in [1.82, 2.24) is 4.98 Å². The van der Waals surface area contributed by atoms with Crippen LogP contribution in [0.5, 0.6) is 0 Å². The van der Waals surface area contributed by atoms with Gasteiger partial charge in [0, 0.05) is 16.2 Å². The van der Waals surface area contributed by atoms with Crippen molar-refractivity contribution in [3.8, 4) is 0 Å². The van der Waals surface area contributed by atoms with Gasteiger partial charge < -0.3 is 10.1 Å². The lowest BCUT2D eigenvalue weighted by Crippen LogP contribution is -2.11. The van der Waals surface area contributed by atoms with E-state index in [1.807, 2.05) is 24.3 Å². The number of carbonyl (C=O) groups is 1. The van der Waals surface area contributed by atoms with Gasteiger partial charge in [0.25, 0.3) is 0 Å². The Balaban J connectivity index is 1.91. The van der Waals surface area contributed by atoms with Crippen molar-refractivity contribution < 1.29 is 9.53 Å². The number of halogens is 2. The zero-order valence-electron chi connectivity index (χ0n) is 9.56. The average Bonchev–Trinajstić information content (AvgIpc) is 2.71. The Kier molecular flexibility index (Phi) is 3.28. The highest BCUT2D eigenvalue weighted by Crippen LogP contribution is 2.33. The van der Waals surface area contributed by atoms with Crippen molar-refractivity contribution in [2.24, 2.45) is 0 Å². The van der Waals surface area contributed by atoms with Crippen LogP contribution in [0.25, 0.3) is 0 Å². The maximum absolute atomic E-state index is 11.7. The average molecular weight is 384 g/mol. The van der Waals surface area contributed by atoms with Crippen molar-refractivity contribution in [2.75, 3.05) is 5.32 Å². The summed E-state index contributed by atoms with van der Waals surface area (Å²) in [6, 6.07) is 9.18. The third-order valence-corrected chi connectivity index (χ3v) is 3.80. The molecule has 0 unspecified atom stereocenters. The van der Waals surface area contributed by atoms with Crippen molar-refractivity contribution in [2.45, 2.75) is 6.23 Å². The summed E-state index contributed by atoms with van der Waals surface area (Å²) >= 11 is 6.75. The van der Waals surface area contributed by atoms with Gasteiger partial charge in [-0.15, -0.1) is 0 Å². The van der Waals surface area contributed by atoms with Crippen LogP contribution in [-0.2, 0) is 4.74 Å². The van der Waals surface area contributed by atoms with E-state index in [-0.39, 0.29) is 5.97 Å². The van der Waals surface area contributed by atoms with Crippen LogP contribution in [-0.4, -0.2) is 11.0 Å². The first kappa shape index (κ1) is 12.6. The van der Waals surface area contributed by atoms with E-state index in [0.717, 1.165) is 14.5 Å². The van der Waals surface area contributed by atoms with E-state index in [1.165, 1.54) is 0 Å². The minimum Gasteiger partial charge on any atom is -0.434 e. The Morgan fingerprint density at radius 3 is 2.84 bits per heavy atom. The molecule has 0 saturated carbocycles. The number of esters is 1. The van der Waals surface area contributed by atoms with Crippen LogP contribution in [0.3, 0.4) is 0 Å². The Morgan fingerprint density at radius 2 is 2.05 bits per heavy atom. The van der Waals surface area contributed by atoms with Crippen LogP contribution in [0, 0.1) is 0 Å². The zero-order chi connectivity index (χ0) is 13.4. The van der Waals surface area contributed by atoms with E-state index in [9.17, 15) is 4.79 Å². The molecule has 1 aromatic heterocycles. The highest BCUT2D eigenvalue weighted by molar-refractivity contribution is 9.11. The van der Waals surface area contributed by atoms with Gasteiger partial charge in [0.05, 0.1) is 10.0 Å². The molecule has 2 heterocycles. The first-order chi connectivity index (χ1) is 9.15. The Hall–Kier alpha value is -1.40. The standard InChI is InChI=1S/C13H8Br2N2O2/c14-7-5-10(15)11(16-6-7)17-12-8-3-1-2-4-9(8)13(18)19-12/h1-6,12H,(H,16,17)/t12-/m0/s1. The monoisotopic (exact) mass is 382 g/mol. The number of pyridine rings is 1. The van der Waals surface area contributed by atoms with E-state index >= 15 is 0 Å². The normalized spacial score (nSPS) is 16.9. The predicted molar refractivity (Wildman–Crippen MR) is 77.9 cm³/mol. The van der Waals surface area contributed by atoms with Crippen LogP contribution >= 0.6 is 31.9 Å². The van der Waals surface area contributed by atoms with Gasteiger partial charge in [0.2, 0.25) is 6.23 Å². The summed E-state index contributed by atoms with van der Waals surface area (Å²) in [6.45, 7) is 0. The molecule has 2 aromatic rings. The van der Waals surface area contributed by atoms with Gasteiger partial charge in [-0.3, -0.25) is 0 Å². The molecule has 19 heavy (non-hydrogen) atoms. The molecule has 3 rings (SSSR count). The second-order valence-electron chi connectivity index (χ2n) is 4.00.